The van der Waals surface area contributed by atoms with Crippen LogP contribution in [0.2, 0.25) is 0 Å². The lowest BCUT2D eigenvalue weighted by Gasteiger charge is -2.05. The van der Waals surface area contributed by atoms with Gasteiger partial charge in [0.2, 0.25) is 11.9 Å². The third-order valence-corrected chi connectivity index (χ3v) is 2.76. The van der Waals surface area contributed by atoms with Crippen LogP contribution in [-0.4, -0.2) is 27.2 Å². The average Bonchev–Trinajstić information content (AvgIpc) is 2.90. The fourth-order valence-electron chi connectivity index (χ4n) is 1.92. The van der Waals surface area contributed by atoms with Gasteiger partial charge in [0.15, 0.2) is 0 Å². The Hall–Kier alpha value is -1.85. The number of nitrogens with zero attached hydrogens (tertiary/aromatic N) is 3. The maximum Gasteiger partial charge on any atom is 0.241 e. The van der Waals surface area contributed by atoms with Crippen molar-refractivity contribution in [3.63, 3.8) is 0 Å². The molecule has 0 saturated carbocycles. The zero-order valence-corrected chi connectivity index (χ0v) is 9.72. The highest BCUT2D eigenvalue weighted by molar-refractivity contribution is 5.75. The van der Waals surface area contributed by atoms with E-state index in [-0.39, 0.29) is 18.4 Å². The molecule has 1 aliphatic rings. The summed E-state index contributed by atoms with van der Waals surface area (Å²) in [5, 5.41) is 6.71. The van der Waals surface area contributed by atoms with Gasteiger partial charge in [0.05, 0.1) is 0 Å². The van der Waals surface area contributed by atoms with Crippen LogP contribution in [0.25, 0.3) is 0 Å². The van der Waals surface area contributed by atoms with Gasteiger partial charge in [-0.3, -0.25) is 4.79 Å². The van der Waals surface area contributed by atoms with E-state index in [9.17, 15) is 4.79 Å². The lowest BCUT2D eigenvalue weighted by atomic mass is 10.2. The van der Waals surface area contributed by atoms with Crippen molar-refractivity contribution in [3.05, 3.63) is 18.0 Å². The highest BCUT2D eigenvalue weighted by Crippen LogP contribution is 2.19. The van der Waals surface area contributed by atoms with Crippen LogP contribution in [0.1, 0.15) is 25.7 Å². The first-order valence-corrected chi connectivity index (χ1v) is 5.83. The van der Waals surface area contributed by atoms with Gasteiger partial charge in [-0.25, -0.2) is 9.67 Å². The van der Waals surface area contributed by atoms with Gasteiger partial charge < -0.3 is 11.1 Å². The number of nitrogens with two attached hydrogens (primary N) is 1. The van der Waals surface area contributed by atoms with E-state index in [1.807, 2.05) is 0 Å². The molecular weight excluding hydrogens is 218 g/mol. The molecule has 3 N–H and O–H groups in total. The van der Waals surface area contributed by atoms with E-state index >= 15 is 0 Å². The molecule has 6 heteroatoms. The van der Waals surface area contributed by atoms with Crippen molar-refractivity contribution in [1.82, 2.24) is 20.1 Å². The third kappa shape index (κ3) is 3.58. The minimum absolute atomic E-state index is 0.0616. The maximum absolute atomic E-state index is 11.5. The van der Waals surface area contributed by atoms with Gasteiger partial charge in [0, 0.05) is 6.54 Å². The number of carbonyl (C=O) groups is 1. The number of rotatable bonds is 5. The summed E-state index contributed by atoms with van der Waals surface area (Å²) in [7, 11) is 0. The van der Waals surface area contributed by atoms with Crippen LogP contribution in [0.15, 0.2) is 18.0 Å². The molecule has 0 spiro atoms. The molecule has 17 heavy (non-hydrogen) atoms. The second-order valence-electron chi connectivity index (χ2n) is 4.15. The van der Waals surface area contributed by atoms with E-state index in [1.54, 1.807) is 0 Å². The molecule has 0 radical (unpaired) electrons. The maximum atomic E-state index is 11.5. The molecule has 0 aromatic carbocycles. The van der Waals surface area contributed by atoms with E-state index in [2.05, 4.69) is 21.5 Å². The van der Waals surface area contributed by atoms with E-state index in [0.717, 1.165) is 6.42 Å². The van der Waals surface area contributed by atoms with E-state index in [0.29, 0.717) is 6.54 Å². The number of amides is 1. The van der Waals surface area contributed by atoms with E-state index in [4.69, 9.17) is 5.73 Å². The Kier molecular flexibility index (Phi) is 3.74. The summed E-state index contributed by atoms with van der Waals surface area (Å²) in [6.45, 7) is 0.859. The molecule has 0 saturated heterocycles. The molecule has 1 amide bonds. The van der Waals surface area contributed by atoms with Gasteiger partial charge in [-0.05, 0) is 25.7 Å². The molecule has 1 aromatic heterocycles. The van der Waals surface area contributed by atoms with Gasteiger partial charge >= 0.3 is 0 Å². The highest BCUT2D eigenvalue weighted by atomic mass is 16.2. The summed E-state index contributed by atoms with van der Waals surface area (Å²) in [6.07, 6.45) is 8.28. The lowest BCUT2D eigenvalue weighted by molar-refractivity contribution is -0.121. The number of hydrogen-bond acceptors (Lipinski definition) is 4. The quantitative estimate of drug-likeness (QED) is 0.727. The van der Waals surface area contributed by atoms with Crippen LogP contribution in [0.5, 0.6) is 0 Å². The topological polar surface area (TPSA) is 85.8 Å². The third-order valence-electron chi connectivity index (χ3n) is 2.76. The van der Waals surface area contributed by atoms with Gasteiger partial charge in [0.1, 0.15) is 12.9 Å². The minimum atomic E-state index is -0.0616. The van der Waals surface area contributed by atoms with E-state index < -0.39 is 0 Å². The molecule has 0 unspecified atom stereocenters. The van der Waals surface area contributed by atoms with E-state index in [1.165, 1.54) is 35.8 Å². The Balaban J connectivity index is 1.67. The van der Waals surface area contributed by atoms with Gasteiger partial charge in [-0.2, -0.15) is 0 Å². The van der Waals surface area contributed by atoms with Crippen molar-refractivity contribution in [1.29, 1.82) is 0 Å². The summed E-state index contributed by atoms with van der Waals surface area (Å²) in [6, 6.07) is 0. The molecule has 0 fully saturated rings. The standard InChI is InChI=1S/C11H17N5O/c12-11-14-8-16(15-11)7-10(17)13-6-5-9-3-1-2-4-9/h3,8H,1-2,4-7H2,(H2,12,15)(H,13,17). The van der Waals surface area contributed by atoms with Crippen LogP contribution in [0.3, 0.4) is 0 Å². The second kappa shape index (κ2) is 5.47. The fourth-order valence-corrected chi connectivity index (χ4v) is 1.92. The Morgan fingerprint density at radius 3 is 3.12 bits per heavy atom. The SMILES string of the molecule is Nc1ncn(CC(=O)NCCC2=CCCC2)n1. The van der Waals surface area contributed by atoms with Crippen molar-refractivity contribution in [2.45, 2.75) is 32.2 Å². The zero-order valence-electron chi connectivity index (χ0n) is 9.72. The summed E-state index contributed by atoms with van der Waals surface area (Å²) in [4.78, 5) is 15.3. The molecule has 0 bridgehead atoms. The molecule has 1 aromatic rings. The molecule has 1 heterocycles. The molecule has 0 aliphatic heterocycles. The number of carbonyl (C=O) groups excluding carboxylic acids is 1. The number of nitrogens with one attached hydrogen (secondary N) is 1. The number of aromatic nitrogens is 3. The lowest BCUT2D eigenvalue weighted by Crippen LogP contribution is -2.28. The summed E-state index contributed by atoms with van der Waals surface area (Å²) in [5.41, 5.74) is 6.81. The first kappa shape index (κ1) is 11.6. The van der Waals surface area contributed by atoms with Crippen molar-refractivity contribution >= 4 is 11.9 Å². The molecule has 6 nitrogen and oxygen atoms in total. The molecule has 2 rings (SSSR count). The van der Waals surface area contributed by atoms with Crippen LogP contribution >= 0.6 is 0 Å². The summed E-state index contributed by atoms with van der Waals surface area (Å²) in [5.74, 6) is 0.127. The number of allylic oxidation sites excluding steroid dienone is 1. The minimum Gasteiger partial charge on any atom is -0.367 e. The first-order valence-electron chi connectivity index (χ1n) is 5.83. The number of hydrogen-bond donors (Lipinski definition) is 2. The monoisotopic (exact) mass is 235 g/mol. The average molecular weight is 235 g/mol. The highest BCUT2D eigenvalue weighted by Gasteiger charge is 2.06. The number of nitrogen functional groups attached to an aromatic ring is 1. The second-order valence-corrected chi connectivity index (χ2v) is 4.15. The predicted molar refractivity (Wildman–Crippen MR) is 64.0 cm³/mol. The van der Waals surface area contributed by atoms with Gasteiger partial charge in [-0.1, -0.05) is 11.6 Å². The summed E-state index contributed by atoms with van der Waals surface area (Å²) >= 11 is 0. The Bertz CT molecular complexity index is 423. The summed E-state index contributed by atoms with van der Waals surface area (Å²) < 4.78 is 1.43. The normalized spacial score (nSPS) is 14.7. The zero-order chi connectivity index (χ0) is 12.1. The van der Waals surface area contributed by atoms with Crippen LogP contribution in [0.4, 0.5) is 5.95 Å². The van der Waals surface area contributed by atoms with Crippen LogP contribution < -0.4 is 11.1 Å². The Labute approximate surface area is 99.9 Å². The first-order chi connectivity index (χ1) is 8.24. The van der Waals surface area contributed by atoms with Crippen molar-refractivity contribution in [2.24, 2.45) is 0 Å². The molecule has 1 aliphatic carbocycles. The van der Waals surface area contributed by atoms with Crippen LogP contribution in [-0.2, 0) is 11.3 Å². The van der Waals surface area contributed by atoms with Crippen molar-refractivity contribution in [3.8, 4) is 0 Å². The van der Waals surface area contributed by atoms with Crippen LogP contribution in [0, 0.1) is 0 Å². The van der Waals surface area contributed by atoms with Gasteiger partial charge in [-0.15, -0.1) is 5.10 Å². The number of anilines is 1. The Morgan fingerprint density at radius 1 is 1.59 bits per heavy atom. The van der Waals surface area contributed by atoms with Gasteiger partial charge in [0.25, 0.3) is 0 Å². The van der Waals surface area contributed by atoms with Crippen molar-refractivity contribution in [2.75, 3.05) is 12.3 Å². The molecular formula is C11H17N5O. The predicted octanol–water partition coefficient (Wildman–Crippen LogP) is 0.477. The largest absolute Gasteiger partial charge is 0.367 e. The van der Waals surface area contributed by atoms with Crippen molar-refractivity contribution < 1.29 is 4.79 Å². The molecule has 0 atom stereocenters. The smallest absolute Gasteiger partial charge is 0.241 e. The Morgan fingerprint density at radius 2 is 2.47 bits per heavy atom. The molecule has 92 valence electrons. The fraction of sp³-hybridized carbons (Fsp3) is 0.545.